The van der Waals surface area contributed by atoms with Crippen molar-refractivity contribution in [1.29, 1.82) is 5.26 Å². The zero-order valence-corrected chi connectivity index (χ0v) is 16.7. The lowest BCUT2D eigenvalue weighted by Gasteiger charge is -2.13. The van der Waals surface area contributed by atoms with Crippen molar-refractivity contribution in [2.45, 2.75) is 21.7 Å². The van der Waals surface area contributed by atoms with E-state index in [4.69, 9.17) is 28.9 Å². The van der Waals surface area contributed by atoms with E-state index in [2.05, 4.69) is 37.0 Å². The van der Waals surface area contributed by atoms with Gasteiger partial charge in [0.1, 0.15) is 11.9 Å². The molecule has 4 nitrogen and oxygen atoms in total. The number of hydrogen-bond acceptors (Lipinski definition) is 3. The van der Waals surface area contributed by atoms with E-state index in [9.17, 15) is 18.4 Å². The molecule has 1 aliphatic rings. The largest absolute Gasteiger partial charge is 0.417 e. The maximum Gasteiger partial charge on any atom is 0.417 e. The standard InChI is InChI=1S/C14H7Br2Cl2F3N4/c15-13(16)3-6(13)9-7(4-22)24-25(12(9)23)8-2-1-5(14(19,20)21)10(17)11(8)18/h1-2,6H,3,23H2. The molecule has 1 unspecified atom stereocenters. The lowest BCUT2D eigenvalue weighted by molar-refractivity contribution is -0.137. The Bertz CT molecular complexity index is 918. The van der Waals surface area contributed by atoms with E-state index in [1.165, 1.54) is 0 Å². The molecule has 1 aromatic heterocycles. The van der Waals surface area contributed by atoms with Crippen LogP contribution in [-0.2, 0) is 6.18 Å². The zero-order valence-electron chi connectivity index (χ0n) is 12.0. The van der Waals surface area contributed by atoms with Crippen molar-refractivity contribution in [2.75, 3.05) is 5.73 Å². The lowest BCUT2D eigenvalue weighted by atomic mass is 10.1. The van der Waals surface area contributed by atoms with Crippen molar-refractivity contribution in [3.8, 4) is 11.8 Å². The molecule has 25 heavy (non-hydrogen) atoms. The Balaban J connectivity index is 2.16. The van der Waals surface area contributed by atoms with Gasteiger partial charge < -0.3 is 5.73 Å². The van der Waals surface area contributed by atoms with Gasteiger partial charge in [-0.2, -0.15) is 23.5 Å². The molecule has 1 aromatic carbocycles. The van der Waals surface area contributed by atoms with Crippen LogP contribution in [0.4, 0.5) is 19.0 Å². The normalized spacial score (nSPS) is 18.9. The number of halogens is 7. The zero-order chi connectivity index (χ0) is 18.7. The predicted molar refractivity (Wildman–Crippen MR) is 95.7 cm³/mol. The minimum atomic E-state index is -4.64. The summed E-state index contributed by atoms with van der Waals surface area (Å²) in [4.78, 5) is 0. The lowest BCUT2D eigenvalue weighted by Crippen LogP contribution is -2.09. The van der Waals surface area contributed by atoms with Gasteiger partial charge in [-0.25, -0.2) is 4.68 Å². The summed E-state index contributed by atoms with van der Waals surface area (Å²) in [7, 11) is 0. The summed E-state index contributed by atoms with van der Waals surface area (Å²) >= 11 is 18.7. The highest BCUT2D eigenvalue weighted by atomic mass is 79.9. The van der Waals surface area contributed by atoms with Gasteiger partial charge in [-0.15, -0.1) is 0 Å². The minimum Gasteiger partial charge on any atom is -0.383 e. The number of alkyl halides is 5. The van der Waals surface area contributed by atoms with E-state index in [0.717, 1.165) is 16.8 Å². The molecule has 3 rings (SSSR count). The number of rotatable bonds is 2. The van der Waals surface area contributed by atoms with Crippen LogP contribution < -0.4 is 5.73 Å². The molecule has 1 atom stereocenters. The molecule has 0 aliphatic heterocycles. The molecule has 1 saturated carbocycles. The number of benzene rings is 1. The number of aromatic nitrogens is 2. The maximum absolute atomic E-state index is 12.9. The monoisotopic (exact) mass is 516 g/mol. The fourth-order valence-electron chi connectivity index (χ4n) is 2.50. The van der Waals surface area contributed by atoms with Gasteiger partial charge in [0.2, 0.25) is 0 Å². The van der Waals surface area contributed by atoms with E-state index < -0.39 is 16.8 Å². The Hall–Kier alpha value is -0.950. The maximum atomic E-state index is 12.9. The Morgan fingerprint density at radius 3 is 2.40 bits per heavy atom. The highest BCUT2D eigenvalue weighted by molar-refractivity contribution is 9.25. The molecule has 132 valence electrons. The van der Waals surface area contributed by atoms with Gasteiger partial charge >= 0.3 is 6.18 Å². The van der Waals surface area contributed by atoms with E-state index in [-0.39, 0.29) is 31.4 Å². The summed E-state index contributed by atoms with van der Waals surface area (Å²) in [5, 5.41) is 12.4. The van der Waals surface area contributed by atoms with Gasteiger partial charge in [0.25, 0.3) is 0 Å². The summed E-state index contributed by atoms with van der Waals surface area (Å²) < 4.78 is 39.5. The highest BCUT2D eigenvalue weighted by Gasteiger charge is 2.54. The van der Waals surface area contributed by atoms with Crippen LogP contribution in [0.2, 0.25) is 10.0 Å². The molecular formula is C14H7Br2Cl2F3N4. The van der Waals surface area contributed by atoms with Crippen LogP contribution in [0.25, 0.3) is 5.69 Å². The summed E-state index contributed by atoms with van der Waals surface area (Å²) in [6.45, 7) is 0. The first kappa shape index (κ1) is 18.8. The molecule has 2 N–H and O–H groups in total. The Morgan fingerprint density at radius 2 is 1.92 bits per heavy atom. The predicted octanol–water partition coefficient (Wildman–Crippen LogP) is 5.63. The second-order valence-electron chi connectivity index (χ2n) is 5.45. The molecule has 1 fully saturated rings. The van der Waals surface area contributed by atoms with E-state index >= 15 is 0 Å². The molecule has 0 amide bonds. The summed E-state index contributed by atoms with van der Waals surface area (Å²) in [6.07, 6.45) is -3.96. The summed E-state index contributed by atoms with van der Waals surface area (Å²) in [6, 6.07) is 3.86. The number of nitrogen functional groups attached to an aromatic ring is 1. The number of nitriles is 1. The molecule has 0 radical (unpaired) electrons. The molecule has 1 aliphatic carbocycles. The average Bonchev–Trinajstić information content (AvgIpc) is 2.98. The van der Waals surface area contributed by atoms with Gasteiger partial charge in [-0.1, -0.05) is 55.1 Å². The SMILES string of the molecule is N#Cc1nn(-c2ccc(C(F)(F)F)c(Cl)c2Cl)c(N)c1C1CC1(Br)Br. The number of nitrogens with two attached hydrogens (primary N) is 1. The quantitative estimate of drug-likeness (QED) is 0.524. The van der Waals surface area contributed by atoms with Crippen LogP contribution >= 0.6 is 55.1 Å². The van der Waals surface area contributed by atoms with Crippen molar-refractivity contribution in [1.82, 2.24) is 9.78 Å². The Morgan fingerprint density at radius 1 is 1.32 bits per heavy atom. The van der Waals surface area contributed by atoms with Gasteiger partial charge in [-0.05, 0) is 18.6 Å². The van der Waals surface area contributed by atoms with E-state index in [0.29, 0.717) is 12.0 Å². The number of anilines is 1. The molecule has 1 heterocycles. The third-order valence-corrected chi connectivity index (χ3v) is 6.46. The van der Waals surface area contributed by atoms with Crippen molar-refractivity contribution < 1.29 is 13.2 Å². The Labute approximate surface area is 166 Å². The minimum absolute atomic E-state index is 0.0651. The van der Waals surface area contributed by atoms with Gasteiger partial charge in [-0.3, -0.25) is 0 Å². The number of hydrogen-bond donors (Lipinski definition) is 1. The first-order chi connectivity index (χ1) is 11.5. The second-order valence-corrected chi connectivity index (χ2v) is 10.1. The molecule has 11 heteroatoms. The first-order valence-electron chi connectivity index (χ1n) is 6.71. The highest BCUT2D eigenvalue weighted by Crippen LogP contribution is 2.63. The molecule has 0 spiro atoms. The van der Waals surface area contributed by atoms with Gasteiger partial charge in [0.15, 0.2) is 5.69 Å². The third kappa shape index (κ3) is 3.14. The van der Waals surface area contributed by atoms with Crippen molar-refractivity contribution in [3.63, 3.8) is 0 Å². The topological polar surface area (TPSA) is 67.6 Å². The Kier molecular flexibility index (Phi) is 4.55. The summed E-state index contributed by atoms with van der Waals surface area (Å²) in [5.74, 6) is 0.0275. The van der Waals surface area contributed by atoms with Crippen LogP contribution in [0.3, 0.4) is 0 Å². The van der Waals surface area contributed by atoms with Crippen molar-refractivity contribution in [3.05, 3.63) is 39.0 Å². The third-order valence-electron chi connectivity index (χ3n) is 3.84. The smallest absolute Gasteiger partial charge is 0.383 e. The van der Waals surface area contributed by atoms with Crippen LogP contribution in [0.15, 0.2) is 12.1 Å². The fraction of sp³-hybridized carbons (Fsp3) is 0.286. The van der Waals surface area contributed by atoms with Crippen LogP contribution in [0.5, 0.6) is 0 Å². The van der Waals surface area contributed by atoms with Crippen molar-refractivity contribution in [2.24, 2.45) is 0 Å². The van der Waals surface area contributed by atoms with Crippen molar-refractivity contribution >= 4 is 60.9 Å². The van der Waals surface area contributed by atoms with Gasteiger partial charge in [0, 0.05) is 11.5 Å². The molecular weight excluding hydrogens is 512 g/mol. The second kappa shape index (κ2) is 6.05. The van der Waals surface area contributed by atoms with Crippen LogP contribution in [-0.4, -0.2) is 13.0 Å². The molecule has 0 bridgehead atoms. The molecule has 2 aromatic rings. The van der Waals surface area contributed by atoms with Crippen LogP contribution in [0.1, 0.15) is 29.2 Å². The van der Waals surface area contributed by atoms with Gasteiger partial charge in [0.05, 0.1) is 24.5 Å². The average molecular weight is 519 g/mol. The first-order valence-corrected chi connectivity index (χ1v) is 9.05. The number of nitrogens with zero attached hydrogens (tertiary/aromatic N) is 3. The van der Waals surface area contributed by atoms with E-state index in [1.54, 1.807) is 0 Å². The van der Waals surface area contributed by atoms with Crippen LogP contribution in [0, 0.1) is 11.3 Å². The van der Waals surface area contributed by atoms with E-state index in [1.807, 2.05) is 6.07 Å². The molecule has 0 saturated heterocycles. The summed E-state index contributed by atoms with van der Waals surface area (Å²) in [5.41, 5.74) is 5.69. The fourth-order valence-corrected chi connectivity index (χ4v) is 4.12.